The molecule has 0 amide bonds. The summed E-state index contributed by atoms with van der Waals surface area (Å²) in [4.78, 5) is 7.24. The molecule has 3 heterocycles. The van der Waals surface area contributed by atoms with Crippen LogP contribution in [-0.2, 0) is 4.74 Å². The topological polar surface area (TPSA) is 48.9 Å². The minimum absolute atomic E-state index is 0. The fraction of sp³-hybridized carbons (Fsp3) is 0.938. The summed E-state index contributed by atoms with van der Waals surface area (Å²) in [5.74, 6) is 1.73. The van der Waals surface area contributed by atoms with Gasteiger partial charge in [-0.2, -0.15) is 0 Å². The van der Waals surface area contributed by atoms with Crippen molar-refractivity contribution >= 4 is 29.9 Å². The highest BCUT2D eigenvalue weighted by molar-refractivity contribution is 14.0. The molecular weight excluding hydrogens is 391 g/mol. The predicted molar refractivity (Wildman–Crippen MR) is 101 cm³/mol. The Balaban J connectivity index is 0.00000176. The zero-order chi connectivity index (χ0) is 14.7. The lowest BCUT2D eigenvalue weighted by molar-refractivity contribution is 0.0992. The maximum absolute atomic E-state index is 5.92. The van der Waals surface area contributed by atoms with Gasteiger partial charge in [-0.1, -0.05) is 0 Å². The minimum atomic E-state index is 0. The second kappa shape index (κ2) is 8.68. The molecule has 0 aliphatic carbocycles. The third kappa shape index (κ3) is 4.71. The van der Waals surface area contributed by atoms with E-state index >= 15 is 0 Å². The van der Waals surface area contributed by atoms with Gasteiger partial charge in [-0.15, -0.1) is 24.0 Å². The van der Waals surface area contributed by atoms with Crippen LogP contribution in [0.4, 0.5) is 0 Å². The van der Waals surface area contributed by atoms with Gasteiger partial charge in [0.25, 0.3) is 0 Å². The van der Waals surface area contributed by atoms with Crippen LogP contribution in [-0.4, -0.2) is 62.3 Å². The Labute approximate surface area is 151 Å². The summed E-state index contributed by atoms with van der Waals surface area (Å²) in [5.41, 5.74) is 0. The third-order valence-electron chi connectivity index (χ3n) is 5.12. The predicted octanol–water partition coefficient (Wildman–Crippen LogP) is 1.82. The molecular formula is C16H31IN4O. The number of nitrogens with zero attached hydrogens (tertiary/aromatic N) is 2. The highest BCUT2D eigenvalue weighted by Gasteiger charge is 2.41. The highest BCUT2D eigenvalue weighted by atomic mass is 127. The van der Waals surface area contributed by atoms with Crippen LogP contribution in [0.15, 0.2) is 4.99 Å². The van der Waals surface area contributed by atoms with Gasteiger partial charge in [0.1, 0.15) is 0 Å². The van der Waals surface area contributed by atoms with E-state index in [0.29, 0.717) is 18.2 Å². The van der Waals surface area contributed by atoms with E-state index in [1.807, 2.05) is 0 Å². The number of halogens is 1. The highest BCUT2D eigenvalue weighted by Crippen LogP contribution is 2.34. The monoisotopic (exact) mass is 422 g/mol. The van der Waals surface area contributed by atoms with Crippen molar-refractivity contribution in [2.24, 2.45) is 10.9 Å². The molecule has 0 radical (unpaired) electrons. The van der Waals surface area contributed by atoms with Crippen molar-refractivity contribution in [1.29, 1.82) is 0 Å². The summed E-state index contributed by atoms with van der Waals surface area (Å²) in [5, 5.41) is 6.99. The molecule has 0 spiro atoms. The summed E-state index contributed by atoms with van der Waals surface area (Å²) >= 11 is 0. The third-order valence-corrected chi connectivity index (χ3v) is 5.12. The van der Waals surface area contributed by atoms with Gasteiger partial charge in [0.05, 0.1) is 18.2 Å². The van der Waals surface area contributed by atoms with Crippen LogP contribution in [0.5, 0.6) is 0 Å². The number of hydrogen-bond donors (Lipinski definition) is 2. The summed E-state index contributed by atoms with van der Waals surface area (Å²) in [6.07, 6.45) is 7.03. The van der Waals surface area contributed by atoms with Crippen LogP contribution in [0, 0.1) is 5.92 Å². The molecule has 5 nitrogen and oxygen atoms in total. The lowest BCUT2D eigenvalue weighted by Gasteiger charge is -2.28. The number of guanidine groups is 1. The lowest BCUT2D eigenvalue weighted by Crippen LogP contribution is -2.47. The molecule has 3 aliphatic rings. The van der Waals surface area contributed by atoms with E-state index in [1.54, 1.807) is 0 Å². The fourth-order valence-electron chi connectivity index (χ4n) is 3.75. The van der Waals surface area contributed by atoms with Crippen LogP contribution in [0.1, 0.15) is 39.0 Å². The van der Waals surface area contributed by atoms with E-state index in [1.165, 1.54) is 38.8 Å². The number of fused-ring (bicyclic) bond motifs is 2. The normalized spacial score (nSPS) is 32.8. The number of rotatable bonds is 4. The maximum atomic E-state index is 5.92. The molecule has 2 N–H and O–H groups in total. The SMILES string of the molecule is CCNC(=NCC1CCN(C)CC1)NC1CC2CCC1O2.I. The molecule has 2 bridgehead atoms. The molecule has 128 valence electrons. The Morgan fingerprint density at radius 1 is 1.23 bits per heavy atom. The largest absolute Gasteiger partial charge is 0.373 e. The average molecular weight is 422 g/mol. The Hall–Kier alpha value is -0.0800. The van der Waals surface area contributed by atoms with Crippen molar-refractivity contribution in [3.63, 3.8) is 0 Å². The van der Waals surface area contributed by atoms with E-state index in [4.69, 9.17) is 9.73 Å². The Morgan fingerprint density at radius 2 is 2.00 bits per heavy atom. The zero-order valence-corrected chi connectivity index (χ0v) is 16.2. The Morgan fingerprint density at radius 3 is 2.59 bits per heavy atom. The standard InChI is InChI=1S/C16H30N4O.HI/c1-3-17-16(18-11-12-6-8-20(2)9-7-12)19-14-10-13-4-5-15(14)21-13;/h12-15H,3-11H2,1-2H3,(H2,17,18,19);1H. The molecule has 3 unspecified atom stereocenters. The molecule has 0 aromatic heterocycles. The first kappa shape index (κ1) is 18.3. The van der Waals surface area contributed by atoms with Gasteiger partial charge in [0.2, 0.25) is 0 Å². The molecule has 3 atom stereocenters. The van der Waals surface area contributed by atoms with E-state index in [9.17, 15) is 0 Å². The van der Waals surface area contributed by atoms with Crippen molar-refractivity contribution < 1.29 is 4.74 Å². The summed E-state index contributed by atoms with van der Waals surface area (Å²) in [7, 11) is 2.21. The van der Waals surface area contributed by atoms with E-state index in [0.717, 1.165) is 31.4 Å². The van der Waals surface area contributed by atoms with Crippen LogP contribution in [0.3, 0.4) is 0 Å². The number of nitrogens with one attached hydrogen (secondary N) is 2. The Bertz CT molecular complexity index is 371. The van der Waals surface area contributed by atoms with Crippen molar-refractivity contribution in [1.82, 2.24) is 15.5 Å². The number of hydrogen-bond acceptors (Lipinski definition) is 3. The van der Waals surface area contributed by atoms with Gasteiger partial charge in [-0.05, 0) is 65.1 Å². The number of ether oxygens (including phenoxy) is 1. The first-order chi connectivity index (χ1) is 10.2. The van der Waals surface area contributed by atoms with Gasteiger partial charge in [-0.25, -0.2) is 0 Å². The fourth-order valence-corrected chi connectivity index (χ4v) is 3.75. The first-order valence-electron chi connectivity index (χ1n) is 8.63. The van der Waals surface area contributed by atoms with Gasteiger partial charge in [0, 0.05) is 13.1 Å². The van der Waals surface area contributed by atoms with Gasteiger partial charge < -0.3 is 20.3 Å². The van der Waals surface area contributed by atoms with Crippen LogP contribution in [0.2, 0.25) is 0 Å². The molecule has 0 saturated carbocycles. The molecule has 3 saturated heterocycles. The summed E-state index contributed by atoms with van der Waals surface area (Å²) < 4.78 is 5.92. The molecule has 3 aliphatic heterocycles. The van der Waals surface area contributed by atoms with Gasteiger partial charge >= 0.3 is 0 Å². The smallest absolute Gasteiger partial charge is 0.191 e. The van der Waals surface area contributed by atoms with E-state index in [2.05, 4.69) is 29.5 Å². The van der Waals surface area contributed by atoms with E-state index < -0.39 is 0 Å². The van der Waals surface area contributed by atoms with Crippen LogP contribution in [0.25, 0.3) is 0 Å². The van der Waals surface area contributed by atoms with Gasteiger partial charge in [0.15, 0.2) is 5.96 Å². The van der Waals surface area contributed by atoms with Crippen molar-refractivity contribution in [3.8, 4) is 0 Å². The number of aliphatic imine (C=N–C) groups is 1. The molecule has 22 heavy (non-hydrogen) atoms. The summed E-state index contributed by atoms with van der Waals surface area (Å²) in [6.45, 7) is 6.42. The van der Waals surface area contributed by atoms with Crippen molar-refractivity contribution in [2.45, 2.75) is 57.3 Å². The summed E-state index contributed by atoms with van der Waals surface area (Å²) in [6, 6.07) is 0.457. The number of piperidine rings is 1. The Kier molecular flexibility index (Phi) is 7.21. The first-order valence-corrected chi connectivity index (χ1v) is 8.63. The van der Waals surface area contributed by atoms with Crippen molar-refractivity contribution in [2.75, 3.05) is 33.2 Å². The number of likely N-dealkylation sites (tertiary alicyclic amines) is 1. The maximum Gasteiger partial charge on any atom is 0.191 e. The quantitative estimate of drug-likeness (QED) is 0.412. The second-order valence-electron chi connectivity index (χ2n) is 6.83. The zero-order valence-electron chi connectivity index (χ0n) is 13.9. The molecule has 6 heteroatoms. The molecule has 3 fully saturated rings. The molecule has 0 aromatic rings. The minimum Gasteiger partial charge on any atom is -0.373 e. The van der Waals surface area contributed by atoms with Crippen LogP contribution >= 0.6 is 24.0 Å². The van der Waals surface area contributed by atoms with Crippen LogP contribution < -0.4 is 10.6 Å². The molecule has 0 aromatic carbocycles. The van der Waals surface area contributed by atoms with Crippen molar-refractivity contribution in [3.05, 3.63) is 0 Å². The average Bonchev–Trinajstić information content (AvgIpc) is 3.09. The van der Waals surface area contributed by atoms with Gasteiger partial charge in [-0.3, -0.25) is 4.99 Å². The lowest BCUT2D eigenvalue weighted by atomic mass is 9.95. The molecule has 3 rings (SSSR count). The second-order valence-corrected chi connectivity index (χ2v) is 6.83. The van der Waals surface area contributed by atoms with E-state index in [-0.39, 0.29) is 24.0 Å².